The van der Waals surface area contributed by atoms with Crippen molar-refractivity contribution < 1.29 is 9.18 Å². The summed E-state index contributed by atoms with van der Waals surface area (Å²) < 4.78 is 13.1. The third kappa shape index (κ3) is 1.93. The Kier molecular flexibility index (Phi) is 2.68. The predicted molar refractivity (Wildman–Crippen MR) is 59.2 cm³/mol. The zero-order valence-electron chi connectivity index (χ0n) is 8.41. The van der Waals surface area contributed by atoms with E-state index < -0.39 is 5.91 Å². The molecule has 79 valence electrons. The van der Waals surface area contributed by atoms with Gasteiger partial charge in [0.25, 0.3) is 0 Å². The molecule has 0 aliphatic rings. The van der Waals surface area contributed by atoms with Gasteiger partial charge >= 0.3 is 0 Å². The third-order valence-electron chi connectivity index (χ3n) is 2.27. The van der Waals surface area contributed by atoms with Crippen LogP contribution < -0.4 is 5.73 Å². The van der Waals surface area contributed by atoms with Crippen LogP contribution in [0.3, 0.4) is 0 Å². The zero-order chi connectivity index (χ0) is 11.5. The number of benzene rings is 2. The van der Waals surface area contributed by atoms with Crippen molar-refractivity contribution >= 4 is 5.91 Å². The lowest BCUT2D eigenvalue weighted by atomic mass is 9.99. The van der Waals surface area contributed by atoms with Crippen molar-refractivity contribution in [3.05, 3.63) is 59.9 Å². The van der Waals surface area contributed by atoms with Gasteiger partial charge in [0, 0.05) is 5.56 Å². The van der Waals surface area contributed by atoms with Crippen LogP contribution in [0.25, 0.3) is 11.1 Å². The Bertz CT molecular complexity index is 537. The summed E-state index contributed by atoms with van der Waals surface area (Å²) in [6, 6.07) is 13.7. The van der Waals surface area contributed by atoms with E-state index >= 15 is 0 Å². The number of halogens is 1. The van der Waals surface area contributed by atoms with Crippen LogP contribution in [-0.2, 0) is 0 Å². The molecular weight excluding hydrogens is 205 g/mol. The Hall–Kier alpha value is -2.16. The maximum Gasteiger partial charge on any atom is 0.249 e. The van der Waals surface area contributed by atoms with Gasteiger partial charge in [-0.25, -0.2) is 4.39 Å². The Morgan fingerprint density at radius 2 is 2.12 bits per heavy atom. The molecule has 2 aromatic rings. The summed E-state index contributed by atoms with van der Waals surface area (Å²) in [5, 5.41) is 0. The van der Waals surface area contributed by atoms with Gasteiger partial charge in [-0.05, 0) is 35.4 Å². The molecule has 3 heteroatoms. The van der Waals surface area contributed by atoms with Crippen molar-refractivity contribution in [2.75, 3.05) is 0 Å². The zero-order valence-corrected chi connectivity index (χ0v) is 8.41. The fourth-order valence-corrected chi connectivity index (χ4v) is 1.54. The van der Waals surface area contributed by atoms with Crippen molar-refractivity contribution in [1.82, 2.24) is 0 Å². The summed E-state index contributed by atoms with van der Waals surface area (Å²) >= 11 is 0. The molecule has 0 atom stereocenters. The third-order valence-corrected chi connectivity index (χ3v) is 2.27. The average molecular weight is 214 g/mol. The van der Waals surface area contributed by atoms with Gasteiger partial charge in [0.1, 0.15) is 5.82 Å². The van der Waals surface area contributed by atoms with Crippen LogP contribution in [-0.4, -0.2) is 5.91 Å². The highest BCUT2D eigenvalue weighted by Gasteiger charge is 2.09. The predicted octanol–water partition coefficient (Wildman–Crippen LogP) is 2.39. The summed E-state index contributed by atoms with van der Waals surface area (Å²) in [7, 11) is 0. The first-order valence-corrected chi connectivity index (χ1v) is 4.74. The number of carbonyl (C=O) groups is 1. The molecule has 0 fully saturated rings. The molecule has 1 amide bonds. The van der Waals surface area contributed by atoms with E-state index in [-0.39, 0.29) is 5.82 Å². The van der Waals surface area contributed by atoms with Crippen LogP contribution in [0, 0.1) is 11.9 Å². The molecule has 16 heavy (non-hydrogen) atoms. The molecular formula is C13H9FNO. The van der Waals surface area contributed by atoms with Gasteiger partial charge in [-0.2, -0.15) is 0 Å². The van der Waals surface area contributed by atoms with E-state index in [9.17, 15) is 9.18 Å². The molecule has 0 aliphatic carbocycles. The second-order valence-electron chi connectivity index (χ2n) is 3.35. The number of amides is 1. The van der Waals surface area contributed by atoms with Crippen LogP contribution in [0.1, 0.15) is 10.4 Å². The Labute approximate surface area is 92.5 Å². The van der Waals surface area contributed by atoms with E-state index in [0.717, 1.165) is 0 Å². The first-order valence-electron chi connectivity index (χ1n) is 4.74. The van der Waals surface area contributed by atoms with Crippen molar-refractivity contribution in [1.29, 1.82) is 0 Å². The lowest BCUT2D eigenvalue weighted by Gasteiger charge is -2.06. The van der Waals surface area contributed by atoms with E-state index in [1.165, 1.54) is 18.2 Å². The van der Waals surface area contributed by atoms with Gasteiger partial charge in [0.15, 0.2) is 0 Å². The van der Waals surface area contributed by atoms with Crippen molar-refractivity contribution in [3.8, 4) is 11.1 Å². The number of hydrogen-bond donors (Lipinski definition) is 1. The molecule has 2 aromatic carbocycles. The highest BCUT2D eigenvalue weighted by molar-refractivity contribution is 5.99. The van der Waals surface area contributed by atoms with E-state index in [4.69, 9.17) is 5.73 Å². The lowest BCUT2D eigenvalue weighted by molar-refractivity contribution is 0.100. The summed E-state index contributed by atoms with van der Waals surface area (Å²) in [6.07, 6.45) is 0. The number of nitrogens with two attached hydrogens (primary N) is 1. The van der Waals surface area contributed by atoms with E-state index in [2.05, 4.69) is 6.07 Å². The largest absolute Gasteiger partial charge is 0.366 e. The topological polar surface area (TPSA) is 43.1 Å². The van der Waals surface area contributed by atoms with Crippen LogP contribution in [0.2, 0.25) is 0 Å². The fourth-order valence-electron chi connectivity index (χ4n) is 1.54. The molecule has 0 aromatic heterocycles. The molecule has 0 aliphatic heterocycles. The van der Waals surface area contributed by atoms with Crippen molar-refractivity contribution in [2.45, 2.75) is 0 Å². The average Bonchev–Trinajstić information content (AvgIpc) is 2.29. The van der Waals surface area contributed by atoms with Gasteiger partial charge < -0.3 is 5.73 Å². The second-order valence-corrected chi connectivity index (χ2v) is 3.35. The SMILES string of the molecule is NC(=O)c1c[c]ccc1-c1cccc(F)c1. The highest BCUT2D eigenvalue weighted by Crippen LogP contribution is 2.23. The Balaban J connectivity index is 2.60. The first kappa shape index (κ1) is 10.4. The monoisotopic (exact) mass is 214 g/mol. The maximum atomic E-state index is 13.1. The van der Waals surface area contributed by atoms with Crippen molar-refractivity contribution in [2.24, 2.45) is 5.73 Å². The first-order chi connectivity index (χ1) is 7.68. The summed E-state index contributed by atoms with van der Waals surface area (Å²) in [6.45, 7) is 0. The molecule has 2 nitrogen and oxygen atoms in total. The molecule has 2 N–H and O–H groups in total. The van der Waals surface area contributed by atoms with Gasteiger partial charge in [0.05, 0.1) is 0 Å². The van der Waals surface area contributed by atoms with Crippen molar-refractivity contribution in [3.63, 3.8) is 0 Å². The summed E-state index contributed by atoms with van der Waals surface area (Å²) in [5.41, 5.74) is 6.82. The molecule has 0 saturated carbocycles. The van der Waals surface area contributed by atoms with Crippen LogP contribution >= 0.6 is 0 Å². The standard InChI is InChI=1S/C13H9FNO/c14-10-5-3-4-9(8-10)11-6-1-2-7-12(11)13(15)16/h1,3-8H,(H2,15,16). The number of hydrogen-bond acceptors (Lipinski definition) is 1. The Morgan fingerprint density at radius 3 is 2.81 bits per heavy atom. The van der Waals surface area contributed by atoms with Gasteiger partial charge in [-0.3, -0.25) is 4.79 Å². The van der Waals surface area contributed by atoms with Crippen LogP contribution in [0.5, 0.6) is 0 Å². The minimum atomic E-state index is -0.545. The van der Waals surface area contributed by atoms with Crippen LogP contribution in [0.15, 0.2) is 42.5 Å². The summed E-state index contributed by atoms with van der Waals surface area (Å²) in [5.74, 6) is -0.892. The Morgan fingerprint density at radius 1 is 1.31 bits per heavy atom. The maximum absolute atomic E-state index is 13.1. The number of primary amides is 1. The normalized spacial score (nSPS) is 10.1. The quantitative estimate of drug-likeness (QED) is 0.819. The molecule has 0 bridgehead atoms. The highest BCUT2D eigenvalue weighted by atomic mass is 19.1. The molecule has 0 saturated heterocycles. The minimum Gasteiger partial charge on any atom is -0.366 e. The fraction of sp³-hybridized carbons (Fsp3) is 0. The molecule has 0 heterocycles. The molecule has 1 radical (unpaired) electrons. The van der Waals surface area contributed by atoms with Gasteiger partial charge in [-0.1, -0.05) is 24.3 Å². The van der Waals surface area contributed by atoms with E-state index in [1.807, 2.05) is 0 Å². The molecule has 0 unspecified atom stereocenters. The van der Waals surface area contributed by atoms with E-state index in [0.29, 0.717) is 16.7 Å². The van der Waals surface area contributed by atoms with Gasteiger partial charge in [-0.15, -0.1) is 0 Å². The molecule has 2 rings (SSSR count). The molecule has 0 spiro atoms. The van der Waals surface area contributed by atoms with E-state index in [1.54, 1.807) is 24.3 Å². The minimum absolute atomic E-state index is 0.341. The number of rotatable bonds is 2. The summed E-state index contributed by atoms with van der Waals surface area (Å²) in [4.78, 5) is 11.2. The lowest BCUT2D eigenvalue weighted by Crippen LogP contribution is -2.12. The van der Waals surface area contributed by atoms with Gasteiger partial charge in [0.2, 0.25) is 5.91 Å². The van der Waals surface area contributed by atoms with Crippen LogP contribution in [0.4, 0.5) is 4.39 Å². The second kappa shape index (κ2) is 4.14. The smallest absolute Gasteiger partial charge is 0.249 e. The number of carbonyl (C=O) groups excluding carboxylic acids is 1.